The predicted molar refractivity (Wildman–Crippen MR) is 100 cm³/mol. The van der Waals surface area contributed by atoms with E-state index in [4.69, 9.17) is 0 Å². The third-order valence-electron chi connectivity index (χ3n) is 6.05. The van der Waals surface area contributed by atoms with Crippen molar-refractivity contribution in [3.8, 4) is 0 Å². The van der Waals surface area contributed by atoms with Crippen LogP contribution >= 0.6 is 0 Å². The summed E-state index contributed by atoms with van der Waals surface area (Å²) in [6, 6.07) is 2.24. The second-order valence-electron chi connectivity index (χ2n) is 8.21. The fraction of sp³-hybridized carbons (Fsp3) is 0.737. The minimum Gasteiger partial charge on any atom is -0.368 e. The molecule has 0 bridgehead atoms. The highest BCUT2D eigenvalue weighted by molar-refractivity contribution is 5.68. The lowest BCUT2D eigenvalue weighted by molar-refractivity contribution is 0.0771. The third-order valence-corrected chi connectivity index (χ3v) is 6.05. The van der Waals surface area contributed by atoms with E-state index in [0.29, 0.717) is 11.3 Å². The molecule has 4 heterocycles. The van der Waals surface area contributed by atoms with Crippen LogP contribution in [0.3, 0.4) is 0 Å². The number of piperidine rings is 2. The molecule has 2 aliphatic heterocycles. The van der Waals surface area contributed by atoms with Crippen molar-refractivity contribution in [2.24, 2.45) is 5.41 Å². The molecule has 0 N–H and O–H groups in total. The van der Waals surface area contributed by atoms with Crippen molar-refractivity contribution in [3.05, 3.63) is 18.1 Å². The van der Waals surface area contributed by atoms with Gasteiger partial charge in [0, 0.05) is 25.0 Å². The van der Waals surface area contributed by atoms with Gasteiger partial charge in [-0.2, -0.15) is 9.61 Å². The molecule has 136 valence electrons. The van der Waals surface area contributed by atoms with Gasteiger partial charge >= 0.3 is 0 Å². The van der Waals surface area contributed by atoms with E-state index in [1.54, 1.807) is 6.33 Å². The third kappa shape index (κ3) is 3.12. The van der Waals surface area contributed by atoms with Gasteiger partial charge in [-0.15, -0.1) is 10.2 Å². The smallest absolute Gasteiger partial charge is 0.200 e. The van der Waals surface area contributed by atoms with Crippen LogP contribution in [-0.2, 0) is 0 Å². The summed E-state index contributed by atoms with van der Waals surface area (Å²) >= 11 is 0. The van der Waals surface area contributed by atoms with Gasteiger partial charge in [-0.1, -0.05) is 20.8 Å². The molecule has 1 spiro atoms. The largest absolute Gasteiger partial charge is 0.368 e. The summed E-state index contributed by atoms with van der Waals surface area (Å²) in [5.74, 6) is 0.398. The first-order chi connectivity index (χ1) is 12.1. The number of hydrogen-bond donors (Lipinski definition) is 0. The van der Waals surface area contributed by atoms with Crippen LogP contribution in [0, 0.1) is 5.41 Å². The number of hydrogen-bond acceptors (Lipinski definition) is 5. The zero-order valence-electron chi connectivity index (χ0n) is 15.8. The molecule has 6 nitrogen and oxygen atoms in total. The second kappa shape index (κ2) is 6.56. The highest BCUT2D eigenvalue weighted by atomic mass is 15.4. The highest BCUT2D eigenvalue weighted by Gasteiger charge is 2.39. The molecule has 6 heteroatoms. The molecule has 0 aliphatic carbocycles. The minimum atomic E-state index is 0.398. The first-order valence-corrected chi connectivity index (χ1v) is 9.78. The van der Waals surface area contributed by atoms with E-state index in [0.717, 1.165) is 24.4 Å². The van der Waals surface area contributed by atoms with Crippen molar-refractivity contribution in [1.29, 1.82) is 0 Å². The van der Waals surface area contributed by atoms with E-state index in [9.17, 15) is 0 Å². The molecular weight excluding hydrogens is 312 g/mol. The zero-order chi connectivity index (χ0) is 17.4. The summed E-state index contributed by atoms with van der Waals surface area (Å²) < 4.78 is 1.85. The van der Waals surface area contributed by atoms with Gasteiger partial charge in [-0.05, 0) is 50.8 Å². The molecule has 0 aromatic carbocycles. The van der Waals surface area contributed by atoms with Crippen LogP contribution in [0.4, 0.5) is 5.69 Å². The maximum Gasteiger partial charge on any atom is 0.200 e. The normalized spacial score (nSPS) is 25.4. The van der Waals surface area contributed by atoms with Crippen LogP contribution in [0.25, 0.3) is 5.65 Å². The van der Waals surface area contributed by atoms with Crippen molar-refractivity contribution < 1.29 is 0 Å². The Morgan fingerprint density at radius 3 is 2.72 bits per heavy atom. The van der Waals surface area contributed by atoms with Gasteiger partial charge < -0.3 is 9.80 Å². The van der Waals surface area contributed by atoms with Crippen molar-refractivity contribution in [2.75, 3.05) is 37.6 Å². The monoisotopic (exact) mass is 342 g/mol. The number of aromatic nitrogens is 4. The quantitative estimate of drug-likeness (QED) is 0.858. The number of anilines is 1. The Morgan fingerprint density at radius 2 is 1.96 bits per heavy atom. The summed E-state index contributed by atoms with van der Waals surface area (Å²) in [7, 11) is 0. The maximum absolute atomic E-state index is 4.68. The Bertz CT molecular complexity index is 735. The van der Waals surface area contributed by atoms with Gasteiger partial charge in [0.15, 0.2) is 0 Å². The Hall–Kier alpha value is -1.69. The van der Waals surface area contributed by atoms with Gasteiger partial charge in [-0.3, -0.25) is 0 Å². The number of nitrogens with zero attached hydrogens (tertiary/aromatic N) is 6. The Balaban J connectivity index is 1.67. The topological polar surface area (TPSA) is 49.6 Å². The first-order valence-electron chi connectivity index (χ1n) is 9.78. The van der Waals surface area contributed by atoms with Gasteiger partial charge in [0.2, 0.25) is 5.65 Å². The van der Waals surface area contributed by atoms with Crippen LogP contribution in [0.2, 0.25) is 0 Å². The molecular formula is C19H30N6. The van der Waals surface area contributed by atoms with E-state index in [1.165, 1.54) is 51.0 Å². The molecule has 1 atom stereocenters. The molecule has 2 fully saturated rings. The standard InChI is InChI=1S/C19H30N6/c1-4-23-9-5-7-19(12-23)8-6-10-24(13-19)17-11-16(15(2)3)22-25-14-20-21-18(17)25/h11,14-15H,4-10,12-13H2,1-3H3. The van der Waals surface area contributed by atoms with E-state index in [1.807, 2.05) is 4.52 Å². The van der Waals surface area contributed by atoms with Crippen molar-refractivity contribution in [1.82, 2.24) is 24.7 Å². The summed E-state index contributed by atoms with van der Waals surface area (Å²) in [6.45, 7) is 12.6. The SMILES string of the molecule is CCN1CCCC2(CCCN(c3cc(C(C)C)nn4cnnc34)C2)C1. The van der Waals surface area contributed by atoms with Gasteiger partial charge in [0.1, 0.15) is 6.33 Å². The number of likely N-dealkylation sites (tertiary alicyclic amines) is 1. The molecule has 0 amide bonds. The van der Waals surface area contributed by atoms with E-state index in [2.05, 4.69) is 51.9 Å². The summed E-state index contributed by atoms with van der Waals surface area (Å²) in [5, 5.41) is 13.1. The molecule has 0 saturated carbocycles. The molecule has 2 aliphatic rings. The number of rotatable bonds is 3. The Morgan fingerprint density at radius 1 is 1.16 bits per heavy atom. The fourth-order valence-electron chi connectivity index (χ4n) is 4.67. The lowest BCUT2D eigenvalue weighted by Crippen LogP contribution is -2.52. The lowest BCUT2D eigenvalue weighted by Gasteiger charge is -2.49. The van der Waals surface area contributed by atoms with Crippen molar-refractivity contribution in [2.45, 2.75) is 52.4 Å². The summed E-state index contributed by atoms with van der Waals surface area (Å²) in [6.07, 6.45) is 7.02. The zero-order valence-corrected chi connectivity index (χ0v) is 15.8. The van der Waals surface area contributed by atoms with Crippen molar-refractivity contribution >= 4 is 11.3 Å². The van der Waals surface area contributed by atoms with E-state index < -0.39 is 0 Å². The highest BCUT2D eigenvalue weighted by Crippen LogP contribution is 2.40. The fourth-order valence-corrected chi connectivity index (χ4v) is 4.67. The lowest BCUT2D eigenvalue weighted by atomic mass is 9.73. The van der Waals surface area contributed by atoms with Crippen LogP contribution in [0.15, 0.2) is 12.4 Å². The molecule has 2 saturated heterocycles. The number of fused-ring (bicyclic) bond motifs is 1. The molecule has 1 unspecified atom stereocenters. The van der Waals surface area contributed by atoms with Crippen molar-refractivity contribution in [3.63, 3.8) is 0 Å². The van der Waals surface area contributed by atoms with Crippen LogP contribution in [-0.4, -0.2) is 57.4 Å². The second-order valence-corrected chi connectivity index (χ2v) is 8.21. The van der Waals surface area contributed by atoms with Crippen LogP contribution in [0.5, 0.6) is 0 Å². The van der Waals surface area contributed by atoms with Crippen LogP contribution in [0.1, 0.15) is 58.1 Å². The van der Waals surface area contributed by atoms with Gasteiger partial charge in [0.25, 0.3) is 0 Å². The van der Waals surface area contributed by atoms with Crippen LogP contribution < -0.4 is 4.90 Å². The molecule has 25 heavy (non-hydrogen) atoms. The van der Waals surface area contributed by atoms with Gasteiger partial charge in [0.05, 0.1) is 11.4 Å². The molecule has 2 aromatic rings. The summed E-state index contributed by atoms with van der Waals surface area (Å²) in [4.78, 5) is 5.19. The Labute approximate surface area is 150 Å². The molecule has 0 radical (unpaired) electrons. The average molecular weight is 342 g/mol. The molecule has 2 aromatic heterocycles. The molecule has 4 rings (SSSR count). The minimum absolute atomic E-state index is 0.398. The predicted octanol–water partition coefficient (Wildman–Crippen LogP) is 2.95. The van der Waals surface area contributed by atoms with E-state index >= 15 is 0 Å². The average Bonchev–Trinajstić information content (AvgIpc) is 3.09. The maximum atomic E-state index is 4.68. The Kier molecular flexibility index (Phi) is 4.40. The first kappa shape index (κ1) is 16.8. The van der Waals surface area contributed by atoms with E-state index in [-0.39, 0.29) is 0 Å². The van der Waals surface area contributed by atoms with Gasteiger partial charge in [-0.25, -0.2) is 0 Å². The summed E-state index contributed by atoms with van der Waals surface area (Å²) in [5.41, 5.74) is 3.65.